The molecule has 0 radical (unpaired) electrons. The van der Waals surface area contributed by atoms with Gasteiger partial charge in [0.25, 0.3) is 5.91 Å². The van der Waals surface area contributed by atoms with Crippen LogP contribution in [0.4, 0.5) is 10.1 Å². The third kappa shape index (κ3) is 5.50. The van der Waals surface area contributed by atoms with Gasteiger partial charge in [0.2, 0.25) is 0 Å². The average Bonchev–Trinajstić information content (AvgIpc) is 3.08. The van der Waals surface area contributed by atoms with Crippen molar-refractivity contribution in [2.45, 2.75) is 12.1 Å². The molecule has 0 aromatic heterocycles. The van der Waals surface area contributed by atoms with Crippen molar-refractivity contribution >= 4 is 61.3 Å². The van der Waals surface area contributed by atoms with Crippen LogP contribution in [0.5, 0.6) is 5.75 Å². The number of halogens is 3. The van der Waals surface area contributed by atoms with E-state index in [-0.39, 0.29) is 11.7 Å². The second kappa shape index (κ2) is 9.89. The zero-order valence-electron chi connectivity index (χ0n) is 16.1. The molecule has 1 atom stereocenters. The van der Waals surface area contributed by atoms with Gasteiger partial charge in [0.15, 0.2) is 5.50 Å². The van der Waals surface area contributed by atoms with Crippen molar-refractivity contribution in [1.82, 2.24) is 5.32 Å². The molecule has 31 heavy (non-hydrogen) atoms. The Labute approximate surface area is 200 Å². The van der Waals surface area contributed by atoms with Gasteiger partial charge in [-0.2, -0.15) is 0 Å². The largest absolute Gasteiger partial charge is 0.487 e. The van der Waals surface area contributed by atoms with Gasteiger partial charge in [-0.05, 0) is 51.8 Å². The first kappa shape index (κ1) is 21.9. The highest BCUT2D eigenvalue weighted by Crippen LogP contribution is 2.38. The van der Waals surface area contributed by atoms with Crippen molar-refractivity contribution in [2.24, 2.45) is 0 Å². The Morgan fingerprint density at radius 2 is 1.84 bits per heavy atom. The minimum atomic E-state index is -0.472. The van der Waals surface area contributed by atoms with Crippen LogP contribution in [-0.4, -0.2) is 11.4 Å². The lowest BCUT2D eigenvalue weighted by Gasteiger charge is -2.13. The molecule has 1 heterocycles. The molecule has 0 bridgehead atoms. The first-order valence-electron chi connectivity index (χ1n) is 9.35. The molecule has 3 aromatic carbocycles. The number of ether oxygens (including phenoxy) is 1. The summed E-state index contributed by atoms with van der Waals surface area (Å²) in [5.41, 5.74) is 1.65. The van der Waals surface area contributed by atoms with E-state index in [1.807, 2.05) is 42.5 Å². The Bertz CT molecular complexity index is 1140. The quantitative estimate of drug-likeness (QED) is 0.335. The van der Waals surface area contributed by atoms with E-state index in [4.69, 9.17) is 4.74 Å². The Morgan fingerprint density at radius 1 is 1.10 bits per heavy atom. The lowest BCUT2D eigenvalue weighted by molar-refractivity contribution is -0.116. The molecule has 1 amide bonds. The van der Waals surface area contributed by atoms with E-state index >= 15 is 0 Å². The van der Waals surface area contributed by atoms with E-state index in [2.05, 4.69) is 42.5 Å². The van der Waals surface area contributed by atoms with E-state index in [0.29, 0.717) is 22.9 Å². The van der Waals surface area contributed by atoms with Gasteiger partial charge in [-0.15, -0.1) is 0 Å². The summed E-state index contributed by atoms with van der Waals surface area (Å²) in [7, 11) is 0. The summed E-state index contributed by atoms with van der Waals surface area (Å²) in [5, 5.41) is 5.82. The van der Waals surface area contributed by atoms with Crippen LogP contribution in [0.15, 0.2) is 80.6 Å². The molecule has 8 heteroatoms. The summed E-state index contributed by atoms with van der Waals surface area (Å²) in [5.74, 6) is 0.0321. The number of rotatable bonds is 6. The number of carbonyl (C=O) groups is 1. The summed E-state index contributed by atoms with van der Waals surface area (Å²) in [6, 6.07) is 20.0. The number of hydrogen-bond donors (Lipinski definition) is 2. The number of benzene rings is 3. The van der Waals surface area contributed by atoms with Gasteiger partial charge < -0.3 is 15.4 Å². The number of para-hydroxylation sites is 1. The summed E-state index contributed by atoms with van der Waals surface area (Å²) >= 11 is 8.34. The van der Waals surface area contributed by atoms with Gasteiger partial charge >= 0.3 is 0 Å². The van der Waals surface area contributed by atoms with Crippen LogP contribution >= 0.6 is 43.6 Å². The van der Waals surface area contributed by atoms with E-state index in [0.717, 1.165) is 20.1 Å². The SMILES string of the molecule is O=C1NC(Nc2ccccc2F)S/C1=C\c1cc(Br)cc(Br)c1OCc1ccccc1. The van der Waals surface area contributed by atoms with Crippen molar-refractivity contribution in [1.29, 1.82) is 0 Å². The number of thioether (sulfide) groups is 1. The van der Waals surface area contributed by atoms with Crippen molar-refractivity contribution < 1.29 is 13.9 Å². The van der Waals surface area contributed by atoms with Gasteiger partial charge in [-0.3, -0.25) is 4.79 Å². The lowest BCUT2D eigenvalue weighted by atomic mass is 10.1. The maximum atomic E-state index is 13.9. The number of anilines is 1. The predicted octanol–water partition coefficient (Wildman–Crippen LogP) is 6.53. The van der Waals surface area contributed by atoms with Crippen LogP contribution in [0.3, 0.4) is 0 Å². The van der Waals surface area contributed by atoms with Crippen LogP contribution in [0.25, 0.3) is 6.08 Å². The van der Waals surface area contributed by atoms with E-state index < -0.39 is 5.50 Å². The second-order valence-corrected chi connectivity index (χ2v) is 9.60. The zero-order valence-corrected chi connectivity index (χ0v) is 20.1. The summed E-state index contributed by atoms with van der Waals surface area (Å²) in [4.78, 5) is 13.0. The molecular formula is C23H17Br2FN2O2S. The van der Waals surface area contributed by atoms with E-state index in [9.17, 15) is 9.18 Å². The van der Waals surface area contributed by atoms with Gasteiger partial charge in [0, 0.05) is 10.0 Å². The molecule has 1 fully saturated rings. The molecule has 4 nitrogen and oxygen atoms in total. The molecular weight excluding hydrogens is 547 g/mol. The third-order valence-corrected chi connectivity index (χ3v) is 6.52. The minimum absolute atomic E-state index is 0.232. The van der Waals surface area contributed by atoms with Gasteiger partial charge in [-0.1, -0.05) is 70.2 Å². The summed E-state index contributed by atoms with van der Waals surface area (Å²) in [6.07, 6.45) is 1.78. The summed E-state index contributed by atoms with van der Waals surface area (Å²) < 4.78 is 21.6. The monoisotopic (exact) mass is 562 g/mol. The number of carbonyl (C=O) groups excluding carboxylic acids is 1. The molecule has 3 aromatic rings. The van der Waals surface area contributed by atoms with Gasteiger partial charge in [-0.25, -0.2) is 4.39 Å². The van der Waals surface area contributed by atoms with Crippen LogP contribution < -0.4 is 15.4 Å². The highest BCUT2D eigenvalue weighted by Gasteiger charge is 2.28. The summed E-state index contributed by atoms with van der Waals surface area (Å²) in [6.45, 7) is 0.397. The van der Waals surface area contributed by atoms with E-state index in [1.54, 1.807) is 24.3 Å². The van der Waals surface area contributed by atoms with E-state index in [1.165, 1.54) is 17.8 Å². The highest BCUT2D eigenvalue weighted by atomic mass is 79.9. The van der Waals surface area contributed by atoms with Gasteiger partial charge in [0.1, 0.15) is 18.2 Å². The zero-order chi connectivity index (χ0) is 21.8. The third-order valence-electron chi connectivity index (χ3n) is 4.44. The normalized spacial score (nSPS) is 16.9. The molecule has 1 saturated heterocycles. The molecule has 0 spiro atoms. The molecule has 4 rings (SSSR count). The smallest absolute Gasteiger partial charge is 0.260 e. The first-order chi connectivity index (χ1) is 15.0. The second-order valence-electron chi connectivity index (χ2n) is 6.68. The maximum Gasteiger partial charge on any atom is 0.260 e. The molecule has 1 unspecified atom stereocenters. The molecule has 0 saturated carbocycles. The van der Waals surface area contributed by atoms with Crippen molar-refractivity contribution in [3.8, 4) is 5.75 Å². The number of hydrogen-bond acceptors (Lipinski definition) is 4. The molecule has 1 aliphatic rings. The van der Waals surface area contributed by atoms with Gasteiger partial charge in [0.05, 0.1) is 15.1 Å². The Balaban J connectivity index is 1.56. The fraction of sp³-hybridized carbons (Fsp3) is 0.0870. The molecule has 1 aliphatic heterocycles. The van der Waals surface area contributed by atoms with Crippen molar-refractivity contribution in [3.63, 3.8) is 0 Å². The van der Waals surface area contributed by atoms with Crippen LogP contribution in [0, 0.1) is 5.82 Å². The molecule has 0 aliphatic carbocycles. The number of nitrogens with one attached hydrogen (secondary N) is 2. The predicted molar refractivity (Wildman–Crippen MR) is 130 cm³/mol. The molecule has 158 valence electrons. The van der Waals surface area contributed by atoms with Crippen molar-refractivity contribution in [2.75, 3.05) is 5.32 Å². The fourth-order valence-corrected chi connectivity index (χ4v) is 5.33. The maximum absolute atomic E-state index is 13.9. The van der Waals surface area contributed by atoms with Crippen LogP contribution in [0.2, 0.25) is 0 Å². The topological polar surface area (TPSA) is 50.4 Å². The lowest BCUT2D eigenvalue weighted by Crippen LogP contribution is -2.31. The Morgan fingerprint density at radius 3 is 2.61 bits per heavy atom. The Kier molecular flexibility index (Phi) is 6.99. The van der Waals surface area contributed by atoms with Crippen LogP contribution in [0.1, 0.15) is 11.1 Å². The first-order valence-corrected chi connectivity index (χ1v) is 11.8. The van der Waals surface area contributed by atoms with Crippen molar-refractivity contribution in [3.05, 3.63) is 97.5 Å². The standard InChI is InChI=1S/C23H17Br2FN2O2S/c24-16-10-15(21(17(25)12-16)30-13-14-6-2-1-3-7-14)11-20-22(29)28-23(31-20)27-19-9-5-4-8-18(19)26/h1-12,23,27H,13H2,(H,28,29)/b20-11-. The minimum Gasteiger partial charge on any atom is -0.487 e. The fourth-order valence-electron chi connectivity index (χ4n) is 3.00. The average molecular weight is 564 g/mol. The molecule has 2 N–H and O–H groups in total. The highest BCUT2D eigenvalue weighted by molar-refractivity contribution is 9.11. The number of amides is 1. The Hall–Kier alpha value is -2.29. The van der Waals surface area contributed by atoms with Crippen LogP contribution in [-0.2, 0) is 11.4 Å².